The lowest BCUT2D eigenvalue weighted by atomic mass is 10.0. The molecule has 0 aliphatic heterocycles. The number of thiol groups is 1. The predicted molar refractivity (Wildman–Crippen MR) is 123 cm³/mol. The Morgan fingerprint density at radius 2 is 1.78 bits per heavy atom. The van der Waals surface area contributed by atoms with Crippen molar-refractivity contribution in [2.24, 2.45) is 0 Å². The Morgan fingerprint density at radius 1 is 1.06 bits per heavy atom. The summed E-state index contributed by atoms with van der Waals surface area (Å²) >= 11 is 3.89. The normalized spacial score (nSPS) is 12.5. The molecule has 2 rings (SSSR count). The van der Waals surface area contributed by atoms with E-state index in [9.17, 15) is 9.59 Å². The molecule has 0 unspecified atom stereocenters. The zero-order valence-corrected chi connectivity index (χ0v) is 18.8. The second-order valence-electron chi connectivity index (χ2n) is 6.62. The van der Waals surface area contributed by atoms with Crippen LogP contribution in [-0.4, -0.2) is 55.5 Å². The number of ether oxygens (including phenoxy) is 4. The number of rotatable bonds is 13. The molecular formula is C23H29NO7S. The van der Waals surface area contributed by atoms with Gasteiger partial charge in [0.1, 0.15) is 18.5 Å². The highest BCUT2D eigenvalue weighted by atomic mass is 32.1. The molecule has 0 aliphatic carbocycles. The van der Waals surface area contributed by atoms with Gasteiger partial charge >= 0.3 is 12.1 Å². The van der Waals surface area contributed by atoms with Gasteiger partial charge in [-0.1, -0.05) is 30.3 Å². The maximum absolute atomic E-state index is 12.6. The average Bonchev–Trinajstić information content (AvgIpc) is 2.81. The largest absolute Gasteiger partial charge is 0.491 e. The van der Waals surface area contributed by atoms with E-state index in [1.54, 1.807) is 48.5 Å². The summed E-state index contributed by atoms with van der Waals surface area (Å²) in [6.45, 7) is 2.39. The van der Waals surface area contributed by atoms with Crippen molar-refractivity contribution in [3.05, 3.63) is 60.2 Å². The summed E-state index contributed by atoms with van der Waals surface area (Å²) in [4.78, 5) is 24.0. The Morgan fingerprint density at radius 3 is 2.41 bits per heavy atom. The van der Waals surface area contributed by atoms with Crippen molar-refractivity contribution in [3.63, 3.8) is 0 Å². The van der Waals surface area contributed by atoms with E-state index >= 15 is 0 Å². The monoisotopic (exact) mass is 463 g/mol. The molecule has 32 heavy (non-hydrogen) atoms. The summed E-state index contributed by atoms with van der Waals surface area (Å²) in [5, 5.41) is 11.6. The van der Waals surface area contributed by atoms with Crippen molar-refractivity contribution in [3.8, 4) is 5.75 Å². The molecule has 0 bridgehead atoms. The standard InChI is InChI=1S/C23H29NO7S/c1-2-28-20(12-14-30-21(26)16-32)22(17-8-10-19(11-9-17)29-15-13-25)31-23(27)24-18-6-4-3-5-7-18/h3-11,20,22,25,32H,2,12-16H2,1H3,(H,24,27)/t20-,22-/m0/s1. The highest BCUT2D eigenvalue weighted by Crippen LogP contribution is 2.28. The van der Waals surface area contributed by atoms with Gasteiger partial charge < -0.3 is 24.1 Å². The number of hydrogen-bond donors (Lipinski definition) is 3. The van der Waals surface area contributed by atoms with E-state index in [2.05, 4.69) is 17.9 Å². The predicted octanol–water partition coefficient (Wildman–Crippen LogP) is 3.62. The number of amides is 1. The molecule has 2 aromatic rings. The number of benzene rings is 2. The molecule has 0 saturated heterocycles. The van der Waals surface area contributed by atoms with E-state index in [0.717, 1.165) is 0 Å². The van der Waals surface area contributed by atoms with Crippen molar-refractivity contribution in [1.29, 1.82) is 0 Å². The minimum absolute atomic E-state index is 0.0198. The van der Waals surface area contributed by atoms with Crippen LogP contribution in [0.15, 0.2) is 54.6 Å². The number of esters is 1. The summed E-state index contributed by atoms with van der Waals surface area (Å²) in [5.41, 5.74) is 1.28. The molecular weight excluding hydrogens is 434 g/mol. The lowest BCUT2D eigenvalue weighted by molar-refractivity contribution is -0.142. The Bertz CT molecular complexity index is 817. The zero-order valence-electron chi connectivity index (χ0n) is 17.9. The van der Waals surface area contributed by atoms with Crippen LogP contribution in [0, 0.1) is 0 Å². The van der Waals surface area contributed by atoms with Crippen molar-refractivity contribution in [2.45, 2.75) is 25.6 Å². The van der Waals surface area contributed by atoms with Crippen LogP contribution in [0.1, 0.15) is 25.0 Å². The van der Waals surface area contributed by atoms with Gasteiger partial charge in [0.15, 0.2) is 6.10 Å². The van der Waals surface area contributed by atoms with E-state index in [1.807, 2.05) is 13.0 Å². The molecule has 9 heteroatoms. The lowest BCUT2D eigenvalue weighted by Gasteiger charge is -2.27. The lowest BCUT2D eigenvalue weighted by Crippen LogP contribution is -2.30. The topological polar surface area (TPSA) is 103 Å². The van der Waals surface area contributed by atoms with Gasteiger partial charge in [-0.2, -0.15) is 12.6 Å². The first kappa shape index (κ1) is 25.5. The van der Waals surface area contributed by atoms with Crippen LogP contribution in [0.2, 0.25) is 0 Å². The summed E-state index contributed by atoms with van der Waals surface area (Å²) in [7, 11) is 0. The molecule has 0 aliphatic rings. The number of aliphatic hydroxyl groups is 1. The van der Waals surface area contributed by atoms with Crippen LogP contribution < -0.4 is 10.1 Å². The number of anilines is 1. The molecule has 2 N–H and O–H groups in total. The van der Waals surface area contributed by atoms with Gasteiger partial charge in [0.2, 0.25) is 0 Å². The molecule has 0 fully saturated rings. The summed E-state index contributed by atoms with van der Waals surface area (Å²) in [6, 6.07) is 15.9. The van der Waals surface area contributed by atoms with Gasteiger partial charge in [0, 0.05) is 18.7 Å². The van der Waals surface area contributed by atoms with Crippen molar-refractivity contribution < 1.29 is 33.6 Å². The van der Waals surface area contributed by atoms with Crippen LogP contribution in [-0.2, 0) is 19.0 Å². The van der Waals surface area contributed by atoms with Crippen LogP contribution in [0.3, 0.4) is 0 Å². The number of carbonyl (C=O) groups is 2. The van der Waals surface area contributed by atoms with Crippen LogP contribution in [0.5, 0.6) is 5.75 Å². The number of para-hydroxylation sites is 1. The molecule has 2 atom stereocenters. The third kappa shape index (κ3) is 8.78. The van der Waals surface area contributed by atoms with Crippen molar-refractivity contribution in [1.82, 2.24) is 0 Å². The highest BCUT2D eigenvalue weighted by molar-refractivity contribution is 7.81. The van der Waals surface area contributed by atoms with Gasteiger partial charge in [-0.3, -0.25) is 10.1 Å². The van der Waals surface area contributed by atoms with E-state index in [-0.39, 0.29) is 25.6 Å². The molecule has 174 valence electrons. The summed E-state index contributed by atoms with van der Waals surface area (Å²) in [6.07, 6.45) is -1.64. The SMILES string of the molecule is CCO[C@@H](CCOC(=O)CS)[C@@H](OC(=O)Nc1ccccc1)c1ccc(OCCO)cc1. The molecule has 0 aromatic heterocycles. The molecule has 0 heterocycles. The smallest absolute Gasteiger partial charge is 0.412 e. The first-order valence-electron chi connectivity index (χ1n) is 10.3. The van der Waals surface area contributed by atoms with Crippen LogP contribution in [0.4, 0.5) is 10.5 Å². The highest BCUT2D eigenvalue weighted by Gasteiger charge is 2.28. The summed E-state index contributed by atoms with van der Waals surface area (Å²) in [5.74, 6) is 0.118. The maximum atomic E-state index is 12.6. The van der Waals surface area contributed by atoms with E-state index in [1.165, 1.54) is 0 Å². The zero-order chi connectivity index (χ0) is 23.2. The fraction of sp³-hybridized carbons (Fsp3) is 0.391. The Hall–Kier alpha value is -2.75. The Kier molecular flexibility index (Phi) is 11.4. The summed E-state index contributed by atoms with van der Waals surface area (Å²) < 4.78 is 22.1. The average molecular weight is 464 g/mol. The quantitative estimate of drug-likeness (QED) is 0.308. The number of nitrogens with one attached hydrogen (secondary N) is 1. The Balaban J connectivity index is 2.18. The van der Waals surface area contributed by atoms with Crippen molar-refractivity contribution in [2.75, 3.05) is 37.5 Å². The second kappa shape index (κ2) is 14.3. The second-order valence-corrected chi connectivity index (χ2v) is 6.94. The first-order valence-corrected chi connectivity index (χ1v) is 10.9. The van der Waals surface area contributed by atoms with Crippen LogP contribution >= 0.6 is 12.6 Å². The molecule has 2 aromatic carbocycles. The molecule has 0 saturated carbocycles. The van der Waals surface area contributed by atoms with Gasteiger partial charge in [0.05, 0.1) is 19.0 Å². The van der Waals surface area contributed by atoms with E-state index < -0.39 is 24.3 Å². The van der Waals surface area contributed by atoms with E-state index in [4.69, 9.17) is 24.1 Å². The van der Waals surface area contributed by atoms with Crippen molar-refractivity contribution >= 4 is 30.4 Å². The molecule has 0 radical (unpaired) electrons. The van der Waals surface area contributed by atoms with Gasteiger partial charge in [-0.05, 0) is 36.8 Å². The fourth-order valence-electron chi connectivity index (χ4n) is 2.93. The maximum Gasteiger partial charge on any atom is 0.412 e. The molecule has 1 amide bonds. The molecule has 0 spiro atoms. The number of hydrogen-bond acceptors (Lipinski definition) is 8. The number of carbonyl (C=O) groups excluding carboxylic acids is 2. The molecule has 8 nitrogen and oxygen atoms in total. The first-order chi connectivity index (χ1) is 15.6. The third-order valence-corrected chi connectivity index (χ3v) is 4.59. The van der Waals surface area contributed by atoms with Gasteiger partial charge in [0.25, 0.3) is 0 Å². The third-order valence-electron chi connectivity index (χ3n) is 4.34. The number of aliphatic hydroxyl groups excluding tert-OH is 1. The van der Waals surface area contributed by atoms with E-state index in [0.29, 0.717) is 30.0 Å². The van der Waals surface area contributed by atoms with Gasteiger partial charge in [-0.15, -0.1) is 0 Å². The minimum atomic E-state index is -0.764. The Labute approximate surface area is 193 Å². The van der Waals surface area contributed by atoms with Crippen LogP contribution in [0.25, 0.3) is 0 Å². The minimum Gasteiger partial charge on any atom is -0.491 e. The van der Waals surface area contributed by atoms with Gasteiger partial charge in [-0.25, -0.2) is 4.79 Å². The fourth-order valence-corrected chi connectivity index (χ4v) is 3.02.